The van der Waals surface area contributed by atoms with Gasteiger partial charge in [-0.1, -0.05) is 13.3 Å². The molecule has 17 heavy (non-hydrogen) atoms. The van der Waals surface area contributed by atoms with Crippen LogP contribution in [0.3, 0.4) is 0 Å². The number of rotatable bonds is 10. The number of aliphatic hydroxyl groups is 1. The van der Waals surface area contributed by atoms with Gasteiger partial charge in [-0.3, -0.25) is 0 Å². The van der Waals surface area contributed by atoms with E-state index in [0.29, 0.717) is 26.4 Å². The van der Waals surface area contributed by atoms with Crippen LogP contribution in [0, 0.1) is 0 Å². The zero-order valence-corrected chi connectivity index (χ0v) is 11.7. The smallest absolute Gasteiger partial charge is 0.0815 e. The molecule has 0 radical (unpaired) electrons. The molecule has 0 aromatic carbocycles. The maximum Gasteiger partial charge on any atom is 0.0815 e. The van der Waals surface area contributed by atoms with E-state index in [9.17, 15) is 0 Å². The SMILES string of the molecule is CCCC(COCCOCCO)OC(C)(C)C. The lowest BCUT2D eigenvalue weighted by molar-refractivity contribution is -0.0996. The Hall–Kier alpha value is -0.160. The number of hydrogen-bond donors (Lipinski definition) is 1. The summed E-state index contributed by atoms with van der Waals surface area (Å²) in [7, 11) is 0. The van der Waals surface area contributed by atoms with E-state index in [2.05, 4.69) is 27.7 Å². The van der Waals surface area contributed by atoms with Gasteiger partial charge in [0.05, 0.1) is 44.7 Å². The third-order valence-electron chi connectivity index (χ3n) is 2.04. The van der Waals surface area contributed by atoms with Crippen molar-refractivity contribution in [2.24, 2.45) is 0 Å². The molecular weight excluding hydrogens is 220 g/mol. The highest BCUT2D eigenvalue weighted by Gasteiger charge is 2.18. The van der Waals surface area contributed by atoms with Crippen molar-refractivity contribution in [3.63, 3.8) is 0 Å². The molecule has 0 aromatic rings. The van der Waals surface area contributed by atoms with Crippen LogP contribution in [-0.2, 0) is 14.2 Å². The molecule has 0 aliphatic rings. The Kier molecular flexibility index (Phi) is 9.74. The van der Waals surface area contributed by atoms with E-state index in [1.54, 1.807) is 0 Å². The van der Waals surface area contributed by atoms with Crippen molar-refractivity contribution in [1.82, 2.24) is 0 Å². The van der Waals surface area contributed by atoms with Gasteiger partial charge in [-0.15, -0.1) is 0 Å². The minimum atomic E-state index is -0.128. The lowest BCUT2D eigenvalue weighted by atomic mass is 10.1. The van der Waals surface area contributed by atoms with Crippen LogP contribution in [0.5, 0.6) is 0 Å². The molecule has 0 fully saturated rings. The summed E-state index contributed by atoms with van der Waals surface area (Å²) < 4.78 is 16.5. The molecule has 4 heteroatoms. The summed E-state index contributed by atoms with van der Waals surface area (Å²) in [6.07, 6.45) is 2.25. The van der Waals surface area contributed by atoms with Gasteiger partial charge in [0.15, 0.2) is 0 Å². The molecule has 0 aromatic heterocycles. The van der Waals surface area contributed by atoms with E-state index in [0.717, 1.165) is 12.8 Å². The van der Waals surface area contributed by atoms with Crippen LogP contribution in [0.1, 0.15) is 40.5 Å². The molecule has 104 valence electrons. The molecule has 1 unspecified atom stereocenters. The predicted molar refractivity (Wildman–Crippen MR) is 68.3 cm³/mol. The number of hydrogen-bond acceptors (Lipinski definition) is 4. The summed E-state index contributed by atoms with van der Waals surface area (Å²) >= 11 is 0. The molecule has 0 heterocycles. The summed E-state index contributed by atoms with van der Waals surface area (Å²) in [5.41, 5.74) is -0.128. The maximum atomic E-state index is 8.52. The summed E-state index contributed by atoms with van der Waals surface area (Å²) in [6.45, 7) is 10.4. The highest BCUT2D eigenvalue weighted by Crippen LogP contribution is 2.14. The average Bonchev–Trinajstić information content (AvgIpc) is 2.21. The Labute approximate surface area is 105 Å². The van der Waals surface area contributed by atoms with Crippen LogP contribution in [0.4, 0.5) is 0 Å². The van der Waals surface area contributed by atoms with Crippen molar-refractivity contribution >= 4 is 0 Å². The van der Waals surface area contributed by atoms with Crippen LogP contribution >= 0.6 is 0 Å². The molecule has 0 saturated carbocycles. The molecule has 0 aliphatic carbocycles. The normalized spacial score (nSPS) is 13.9. The molecule has 1 atom stereocenters. The van der Waals surface area contributed by atoms with Gasteiger partial charge in [0.25, 0.3) is 0 Å². The Morgan fingerprint density at radius 3 is 2.24 bits per heavy atom. The fourth-order valence-corrected chi connectivity index (χ4v) is 1.50. The first-order valence-electron chi connectivity index (χ1n) is 6.43. The Balaban J connectivity index is 3.63. The average molecular weight is 248 g/mol. The highest BCUT2D eigenvalue weighted by atomic mass is 16.6. The molecule has 0 rings (SSSR count). The van der Waals surface area contributed by atoms with Crippen molar-refractivity contribution in [1.29, 1.82) is 0 Å². The fourth-order valence-electron chi connectivity index (χ4n) is 1.50. The van der Waals surface area contributed by atoms with Crippen LogP contribution in [0.2, 0.25) is 0 Å². The lowest BCUT2D eigenvalue weighted by Gasteiger charge is -2.27. The van der Waals surface area contributed by atoms with Crippen molar-refractivity contribution in [3.8, 4) is 0 Å². The monoisotopic (exact) mass is 248 g/mol. The summed E-state index contributed by atoms with van der Waals surface area (Å²) in [5, 5.41) is 8.52. The molecule has 0 saturated heterocycles. The molecule has 4 nitrogen and oxygen atoms in total. The molecule has 0 spiro atoms. The first kappa shape index (κ1) is 16.8. The third kappa shape index (κ3) is 12.1. The Bertz CT molecular complexity index is 165. The standard InChI is InChI=1S/C13H28O4/c1-5-6-12(17-13(2,3)4)11-16-10-9-15-8-7-14/h12,14H,5-11H2,1-4H3. The van der Waals surface area contributed by atoms with E-state index in [1.807, 2.05) is 0 Å². The molecule has 0 amide bonds. The van der Waals surface area contributed by atoms with Crippen molar-refractivity contribution in [2.45, 2.75) is 52.2 Å². The zero-order valence-electron chi connectivity index (χ0n) is 11.7. The molecule has 0 aliphatic heterocycles. The minimum Gasteiger partial charge on any atom is -0.394 e. The molecule has 1 N–H and O–H groups in total. The summed E-state index contributed by atoms with van der Waals surface area (Å²) in [6, 6.07) is 0. The van der Waals surface area contributed by atoms with Crippen LogP contribution < -0.4 is 0 Å². The lowest BCUT2D eigenvalue weighted by Crippen LogP contribution is -2.31. The van der Waals surface area contributed by atoms with E-state index in [4.69, 9.17) is 19.3 Å². The van der Waals surface area contributed by atoms with Crippen molar-refractivity contribution in [2.75, 3.05) is 33.0 Å². The van der Waals surface area contributed by atoms with Crippen LogP contribution in [0.15, 0.2) is 0 Å². The highest BCUT2D eigenvalue weighted by molar-refractivity contribution is 4.65. The first-order valence-corrected chi connectivity index (χ1v) is 6.43. The van der Waals surface area contributed by atoms with Gasteiger partial charge >= 0.3 is 0 Å². The number of ether oxygens (including phenoxy) is 3. The quantitative estimate of drug-likeness (QED) is 0.601. The van der Waals surface area contributed by atoms with Gasteiger partial charge in [0.1, 0.15) is 0 Å². The second-order valence-electron chi connectivity index (χ2n) is 5.05. The largest absolute Gasteiger partial charge is 0.394 e. The fraction of sp³-hybridized carbons (Fsp3) is 1.00. The zero-order chi connectivity index (χ0) is 13.1. The van der Waals surface area contributed by atoms with Gasteiger partial charge in [0, 0.05) is 0 Å². The Morgan fingerprint density at radius 2 is 1.71 bits per heavy atom. The van der Waals surface area contributed by atoms with Gasteiger partial charge in [-0.2, -0.15) is 0 Å². The maximum absolute atomic E-state index is 8.52. The summed E-state index contributed by atoms with van der Waals surface area (Å²) in [5.74, 6) is 0. The van der Waals surface area contributed by atoms with Crippen molar-refractivity contribution in [3.05, 3.63) is 0 Å². The topological polar surface area (TPSA) is 47.9 Å². The van der Waals surface area contributed by atoms with Gasteiger partial charge in [-0.05, 0) is 27.2 Å². The van der Waals surface area contributed by atoms with Gasteiger partial charge in [0.2, 0.25) is 0 Å². The molecular formula is C13H28O4. The van der Waals surface area contributed by atoms with E-state index < -0.39 is 0 Å². The third-order valence-corrected chi connectivity index (χ3v) is 2.04. The first-order chi connectivity index (χ1) is 7.99. The van der Waals surface area contributed by atoms with E-state index in [1.165, 1.54) is 0 Å². The number of aliphatic hydroxyl groups excluding tert-OH is 1. The van der Waals surface area contributed by atoms with Crippen molar-refractivity contribution < 1.29 is 19.3 Å². The van der Waals surface area contributed by atoms with Gasteiger partial charge in [-0.25, -0.2) is 0 Å². The van der Waals surface area contributed by atoms with E-state index >= 15 is 0 Å². The van der Waals surface area contributed by atoms with Crippen LogP contribution in [-0.4, -0.2) is 49.8 Å². The second-order valence-corrected chi connectivity index (χ2v) is 5.05. The summed E-state index contributed by atoms with van der Waals surface area (Å²) in [4.78, 5) is 0. The van der Waals surface area contributed by atoms with E-state index in [-0.39, 0.29) is 18.3 Å². The predicted octanol–water partition coefficient (Wildman–Crippen LogP) is 2.00. The second kappa shape index (κ2) is 9.83. The Morgan fingerprint density at radius 1 is 1.06 bits per heavy atom. The molecule has 0 bridgehead atoms. The van der Waals surface area contributed by atoms with Crippen LogP contribution in [0.25, 0.3) is 0 Å². The van der Waals surface area contributed by atoms with Gasteiger partial charge < -0.3 is 19.3 Å². The minimum absolute atomic E-state index is 0.0611.